The normalized spacial score (nSPS) is 10.3. The number of nitrogens with one attached hydrogen (secondary N) is 1. The number of aryl methyl sites for hydroxylation is 2. The summed E-state index contributed by atoms with van der Waals surface area (Å²) in [5.74, 6) is 0.611. The van der Waals surface area contributed by atoms with Gasteiger partial charge in [-0.1, -0.05) is 0 Å². The van der Waals surface area contributed by atoms with Crippen molar-refractivity contribution in [2.45, 2.75) is 26.9 Å². The molecule has 0 atom stereocenters. The highest BCUT2D eigenvalue weighted by molar-refractivity contribution is 5.80. The molecule has 1 N–H and O–H groups in total. The highest BCUT2D eigenvalue weighted by Gasteiger charge is 2.14. The van der Waals surface area contributed by atoms with Crippen LogP contribution in [0.5, 0.6) is 17.2 Å². The van der Waals surface area contributed by atoms with E-state index in [2.05, 4.69) is 10.4 Å². The van der Waals surface area contributed by atoms with Gasteiger partial charge in [0.15, 0.2) is 18.1 Å². The van der Waals surface area contributed by atoms with Gasteiger partial charge in [0.05, 0.1) is 27.0 Å². The second-order valence-corrected chi connectivity index (χ2v) is 6.04. The Morgan fingerprint density at radius 3 is 2.21 bits per heavy atom. The van der Waals surface area contributed by atoms with Crippen LogP contribution in [0.15, 0.2) is 18.2 Å². The van der Waals surface area contributed by atoms with Crippen molar-refractivity contribution in [1.82, 2.24) is 15.1 Å². The van der Waals surface area contributed by atoms with E-state index in [1.54, 1.807) is 12.1 Å². The molecule has 28 heavy (non-hydrogen) atoms. The molecule has 1 aromatic heterocycles. The number of amides is 1. The molecule has 2 aromatic rings. The van der Waals surface area contributed by atoms with Crippen LogP contribution in [0.25, 0.3) is 0 Å². The standard InChI is InChI=1S/C19H25N3O6/c1-12-6-13(2)22(21-12)10-19(24)28-11-18(23)20-9-14-7-16(26-4)17(27-5)8-15(14)25-3/h6-8H,9-11H2,1-5H3,(H,20,23). The molecule has 0 bridgehead atoms. The van der Waals surface area contributed by atoms with Crippen LogP contribution in [-0.2, 0) is 27.4 Å². The molecule has 1 heterocycles. The molecule has 0 unspecified atom stereocenters. The zero-order valence-electron chi connectivity index (χ0n) is 16.7. The van der Waals surface area contributed by atoms with Crippen LogP contribution in [0.4, 0.5) is 0 Å². The van der Waals surface area contributed by atoms with E-state index in [1.165, 1.54) is 26.0 Å². The fourth-order valence-corrected chi connectivity index (χ4v) is 2.62. The largest absolute Gasteiger partial charge is 0.496 e. The smallest absolute Gasteiger partial charge is 0.328 e. The van der Waals surface area contributed by atoms with E-state index in [0.717, 1.165) is 11.4 Å². The molecule has 1 aromatic carbocycles. The predicted molar refractivity (Wildman–Crippen MR) is 101 cm³/mol. The Balaban J connectivity index is 1.88. The van der Waals surface area contributed by atoms with E-state index in [-0.39, 0.29) is 19.7 Å². The van der Waals surface area contributed by atoms with E-state index in [9.17, 15) is 9.59 Å². The Morgan fingerprint density at radius 1 is 1.00 bits per heavy atom. The van der Waals surface area contributed by atoms with Gasteiger partial charge in [0.25, 0.3) is 5.91 Å². The quantitative estimate of drug-likeness (QED) is 0.645. The van der Waals surface area contributed by atoms with Crippen LogP contribution >= 0.6 is 0 Å². The summed E-state index contributed by atoms with van der Waals surface area (Å²) in [5, 5.41) is 6.86. The van der Waals surface area contributed by atoms with E-state index >= 15 is 0 Å². The lowest BCUT2D eigenvalue weighted by atomic mass is 10.1. The van der Waals surface area contributed by atoms with Crippen molar-refractivity contribution in [3.63, 3.8) is 0 Å². The van der Waals surface area contributed by atoms with Gasteiger partial charge in [-0.15, -0.1) is 0 Å². The topological polar surface area (TPSA) is 101 Å². The second kappa shape index (κ2) is 9.63. The number of methoxy groups -OCH3 is 3. The number of carbonyl (C=O) groups excluding carboxylic acids is 2. The lowest BCUT2D eigenvalue weighted by molar-refractivity contribution is -0.149. The van der Waals surface area contributed by atoms with Gasteiger partial charge in [-0.2, -0.15) is 5.10 Å². The number of hydrogen-bond donors (Lipinski definition) is 1. The maximum Gasteiger partial charge on any atom is 0.328 e. The zero-order chi connectivity index (χ0) is 20.7. The van der Waals surface area contributed by atoms with E-state index in [1.807, 2.05) is 19.9 Å². The molecule has 1 amide bonds. The van der Waals surface area contributed by atoms with Crippen molar-refractivity contribution < 1.29 is 28.5 Å². The van der Waals surface area contributed by atoms with Gasteiger partial charge >= 0.3 is 5.97 Å². The fraction of sp³-hybridized carbons (Fsp3) is 0.421. The number of esters is 1. The molecule has 0 saturated carbocycles. The highest BCUT2D eigenvalue weighted by atomic mass is 16.5. The molecule has 0 aliphatic rings. The van der Waals surface area contributed by atoms with Crippen molar-refractivity contribution in [2.24, 2.45) is 0 Å². The average molecular weight is 391 g/mol. The third kappa shape index (κ3) is 5.38. The molecule has 0 aliphatic carbocycles. The van der Waals surface area contributed by atoms with E-state index < -0.39 is 11.9 Å². The van der Waals surface area contributed by atoms with Gasteiger partial charge in [0, 0.05) is 23.9 Å². The molecule has 0 aliphatic heterocycles. The number of hydrogen-bond acceptors (Lipinski definition) is 7. The molecule has 9 nitrogen and oxygen atoms in total. The number of nitrogens with zero attached hydrogens (tertiary/aromatic N) is 2. The van der Waals surface area contributed by atoms with Crippen LogP contribution in [0, 0.1) is 13.8 Å². The minimum Gasteiger partial charge on any atom is -0.496 e. The third-order valence-corrected chi connectivity index (χ3v) is 4.01. The van der Waals surface area contributed by atoms with Crippen LogP contribution in [-0.4, -0.2) is 49.6 Å². The molecule has 2 rings (SSSR count). The molecule has 0 radical (unpaired) electrons. The maximum absolute atomic E-state index is 12.0. The summed E-state index contributed by atoms with van der Waals surface area (Å²) in [6.07, 6.45) is 0. The van der Waals surface area contributed by atoms with Gasteiger partial charge in [-0.25, -0.2) is 0 Å². The van der Waals surface area contributed by atoms with Gasteiger partial charge in [-0.05, 0) is 26.0 Å². The first-order valence-corrected chi connectivity index (χ1v) is 8.60. The number of rotatable bonds is 9. The highest BCUT2D eigenvalue weighted by Crippen LogP contribution is 2.34. The molecule has 9 heteroatoms. The summed E-state index contributed by atoms with van der Waals surface area (Å²) in [6, 6.07) is 5.25. The lowest BCUT2D eigenvalue weighted by Crippen LogP contribution is -2.29. The summed E-state index contributed by atoms with van der Waals surface area (Å²) < 4.78 is 22.3. The van der Waals surface area contributed by atoms with Gasteiger partial charge in [-0.3, -0.25) is 14.3 Å². The van der Waals surface area contributed by atoms with Crippen molar-refractivity contribution in [2.75, 3.05) is 27.9 Å². The van der Waals surface area contributed by atoms with Gasteiger partial charge in [0.1, 0.15) is 12.3 Å². The van der Waals surface area contributed by atoms with Crippen LogP contribution in [0.2, 0.25) is 0 Å². The van der Waals surface area contributed by atoms with E-state index in [0.29, 0.717) is 22.8 Å². The van der Waals surface area contributed by atoms with Gasteiger partial charge < -0.3 is 24.3 Å². The lowest BCUT2D eigenvalue weighted by Gasteiger charge is -2.14. The third-order valence-electron chi connectivity index (χ3n) is 4.01. The van der Waals surface area contributed by atoms with Gasteiger partial charge in [0.2, 0.25) is 0 Å². The first kappa shape index (κ1) is 21.1. The Bertz CT molecular complexity index is 846. The van der Waals surface area contributed by atoms with Crippen molar-refractivity contribution >= 4 is 11.9 Å². The number of aromatic nitrogens is 2. The summed E-state index contributed by atoms with van der Waals surface area (Å²) >= 11 is 0. The Labute approximate surface area is 163 Å². The summed E-state index contributed by atoms with van der Waals surface area (Å²) in [4.78, 5) is 23.9. The Morgan fingerprint density at radius 2 is 1.64 bits per heavy atom. The molecule has 0 saturated heterocycles. The number of ether oxygens (including phenoxy) is 4. The van der Waals surface area contributed by atoms with Crippen LogP contribution < -0.4 is 19.5 Å². The summed E-state index contributed by atoms with van der Waals surface area (Å²) in [6.45, 7) is 3.43. The molecular weight excluding hydrogens is 366 g/mol. The molecule has 0 fully saturated rings. The first-order chi connectivity index (χ1) is 13.4. The average Bonchev–Trinajstić information content (AvgIpc) is 3.00. The molecule has 152 valence electrons. The van der Waals surface area contributed by atoms with Crippen molar-refractivity contribution in [1.29, 1.82) is 0 Å². The van der Waals surface area contributed by atoms with Crippen molar-refractivity contribution in [3.05, 3.63) is 35.2 Å². The Hall–Kier alpha value is -3.23. The van der Waals surface area contributed by atoms with E-state index in [4.69, 9.17) is 18.9 Å². The Kier molecular flexibility index (Phi) is 7.25. The summed E-state index contributed by atoms with van der Waals surface area (Å²) in [5.41, 5.74) is 2.36. The monoisotopic (exact) mass is 391 g/mol. The maximum atomic E-state index is 12.0. The number of carbonyl (C=O) groups is 2. The second-order valence-electron chi connectivity index (χ2n) is 6.04. The zero-order valence-corrected chi connectivity index (χ0v) is 16.7. The number of benzene rings is 1. The molecular formula is C19H25N3O6. The van der Waals surface area contributed by atoms with Crippen LogP contribution in [0.3, 0.4) is 0 Å². The predicted octanol–water partition coefficient (Wildman–Crippen LogP) is 1.39. The minimum atomic E-state index is -0.537. The summed E-state index contributed by atoms with van der Waals surface area (Å²) in [7, 11) is 4.57. The SMILES string of the molecule is COc1cc(OC)c(OC)cc1CNC(=O)COC(=O)Cn1nc(C)cc1C. The molecule has 0 spiro atoms. The first-order valence-electron chi connectivity index (χ1n) is 8.60. The van der Waals surface area contributed by atoms with Crippen molar-refractivity contribution in [3.8, 4) is 17.2 Å². The van der Waals surface area contributed by atoms with Crippen LogP contribution in [0.1, 0.15) is 17.0 Å². The minimum absolute atomic E-state index is 0.0452. The fourth-order valence-electron chi connectivity index (χ4n) is 2.62.